The van der Waals surface area contributed by atoms with E-state index >= 15 is 0 Å². The number of nitrogens with one attached hydrogen (secondary N) is 1. The van der Waals surface area contributed by atoms with Gasteiger partial charge in [-0.05, 0) is 56.1 Å². The lowest BCUT2D eigenvalue weighted by Gasteiger charge is -2.13. The quantitative estimate of drug-likeness (QED) is 0.656. The molecule has 0 fully saturated rings. The minimum Gasteiger partial charge on any atom is -0.495 e. The van der Waals surface area contributed by atoms with E-state index in [2.05, 4.69) is 53.1 Å². The summed E-state index contributed by atoms with van der Waals surface area (Å²) in [5.41, 5.74) is 2.14. The molecule has 0 amide bonds. The van der Waals surface area contributed by atoms with E-state index in [9.17, 15) is 0 Å². The smallest absolute Gasteiger partial charge is 0.138 e. The third kappa shape index (κ3) is 3.74. The summed E-state index contributed by atoms with van der Waals surface area (Å²) in [7, 11) is 1.68. The van der Waals surface area contributed by atoms with Gasteiger partial charge in [0.2, 0.25) is 0 Å². The van der Waals surface area contributed by atoms with E-state index < -0.39 is 0 Å². The molecule has 0 aliphatic heterocycles. The van der Waals surface area contributed by atoms with Gasteiger partial charge in [-0.3, -0.25) is 0 Å². The first-order valence-electron chi connectivity index (χ1n) is 5.62. The highest BCUT2D eigenvalue weighted by molar-refractivity contribution is 9.11. The zero-order chi connectivity index (χ0) is 13.8. The summed E-state index contributed by atoms with van der Waals surface area (Å²) in [6.07, 6.45) is 0. The minimum atomic E-state index is 0.684. The lowest BCUT2D eigenvalue weighted by Crippen LogP contribution is -2.02. The van der Waals surface area contributed by atoms with Crippen LogP contribution < -0.4 is 10.1 Å². The SMILES string of the molecule is COc1c(Br)cc(Br)cc1CNc1ccccc1Br. The molecule has 0 heterocycles. The van der Waals surface area contributed by atoms with Crippen molar-refractivity contribution in [3.05, 3.63) is 55.4 Å². The topological polar surface area (TPSA) is 21.3 Å². The van der Waals surface area contributed by atoms with Gasteiger partial charge in [0, 0.05) is 26.7 Å². The zero-order valence-corrected chi connectivity index (χ0v) is 15.0. The zero-order valence-electron chi connectivity index (χ0n) is 10.2. The van der Waals surface area contributed by atoms with Crippen molar-refractivity contribution in [3.63, 3.8) is 0 Å². The van der Waals surface area contributed by atoms with Gasteiger partial charge in [0.15, 0.2) is 0 Å². The number of para-hydroxylation sites is 1. The van der Waals surface area contributed by atoms with Crippen LogP contribution in [0.5, 0.6) is 5.75 Å². The maximum Gasteiger partial charge on any atom is 0.138 e. The van der Waals surface area contributed by atoms with E-state index in [-0.39, 0.29) is 0 Å². The van der Waals surface area contributed by atoms with Gasteiger partial charge < -0.3 is 10.1 Å². The second-order valence-electron chi connectivity index (χ2n) is 3.91. The summed E-state index contributed by atoms with van der Waals surface area (Å²) < 4.78 is 8.43. The van der Waals surface area contributed by atoms with Crippen molar-refractivity contribution in [1.29, 1.82) is 0 Å². The van der Waals surface area contributed by atoms with Gasteiger partial charge in [-0.2, -0.15) is 0 Å². The second-order valence-corrected chi connectivity index (χ2v) is 6.54. The first-order valence-corrected chi connectivity index (χ1v) is 8.00. The molecule has 100 valence electrons. The summed E-state index contributed by atoms with van der Waals surface area (Å²) in [6, 6.07) is 12.1. The molecule has 2 rings (SSSR count). The molecule has 0 aromatic heterocycles. The van der Waals surface area contributed by atoms with Crippen LogP contribution in [0.3, 0.4) is 0 Å². The number of halogens is 3. The first kappa shape index (κ1) is 14.9. The number of hydrogen-bond donors (Lipinski definition) is 1. The Morgan fingerprint density at radius 3 is 2.47 bits per heavy atom. The lowest BCUT2D eigenvalue weighted by atomic mass is 10.2. The van der Waals surface area contributed by atoms with Crippen molar-refractivity contribution in [2.45, 2.75) is 6.54 Å². The van der Waals surface area contributed by atoms with Crippen LogP contribution in [0.2, 0.25) is 0 Å². The molecule has 0 saturated carbocycles. The third-order valence-electron chi connectivity index (χ3n) is 2.63. The molecule has 0 aliphatic carbocycles. The third-order valence-corrected chi connectivity index (χ3v) is 4.37. The molecule has 0 aliphatic rings. The van der Waals surface area contributed by atoms with Crippen molar-refractivity contribution in [2.24, 2.45) is 0 Å². The number of rotatable bonds is 4. The molecule has 0 saturated heterocycles. The molecule has 0 spiro atoms. The van der Waals surface area contributed by atoms with Crippen LogP contribution in [0.15, 0.2) is 49.8 Å². The Labute approximate surface area is 137 Å². The van der Waals surface area contributed by atoms with E-state index in [0.29, 0.717) is 6.54 Å². The van der Waals surface area contributed by atoms with Gasteiger partial charge in [-0.15, -0.1) is 0 Å². The van der Waals surface area contributed by atoms with E-state index in [1.807, 2.05) is 36.4 Å². The maximum atomic E-state index is 5.43. The number of hydrogen-bond acceptors (Lipinski definition) is 2. The minimum absolute atomic E-state index is 0.684. The number of ether oxygens (including phenoxy) is 1. The molecule has 0 atom stereocenters. The largest absolute Gasteiger partial charge is 0.495 e. The average Bonchev–Trinajstić information content (AvgIpc) is 2.37. The standard InChI is InChI=1S/C14H12Br3NO/c1-19-14-9(6-10(15)7-12(14)17)8-18-13-5-3-2-4-11(13)16/h2-7,18H,8H2,1H3. The van der Waals surface area contributed by atoms with E-state index in [1.165, 1.54) is 0 Å². The fourth-order valence-electron chi connectivity index (χ4n) is 1.77. The molecule has 2 nitrogen and oxygen atoms in total. The highest BCUT2D eigenvalue weighted by atomic mass is 79.9. The van der Waals surface area contributed by atoms with Crippen LogP contribution in [0.4, 0.5) is 5.69 Å². The summed E-state index contributed by atoms with van der Waals surface area (Å²) in [5, 5.41) is 3.39. The van der Waals surface area contributed by atoms with Gasteiger partial charge in [0.1, 0.15) is 5.75 Å². The summed E-state index contributed by atoms with van der Waals surface area (Å²) in [6.45, 7) is 0.684. The van der Waals surface area contributed by atoms with Crippen molar-refractivity contribution in [2.75, 3.05) is 12.4 Å². The molecular formula is C14H12Br3NO. The van der Waals surface area contributed by atoms with E-state index in [4.69, 9.17) is 4.74 Å². The Hall–Kier alpha value is -0.520. The number of methoxy groups -OCH3 is 1. The summed E-state index contributed by atoms with van der Waals surface area (Å²) in [5.74, 6) is 0.850. The number of benzene rings is 2. The van der Waals surface area contributed by atoms with Gasteiger partial charge in [0.25, 0.3) is 0 Å². The van der Waals surface area contributed by atoms with Crippen LogP contribution in [0, 0.1) is 0 Å². The summed E-state index contributed by atoms with van der Waals surface area (Å²) >= 11 is 10.5. The molecule has 0 radical (unpaired) electrons. The van der Waals surface area contributed by atoms with Gasteiger partial charge in [-0.25, -0.2) is 0 Å². The maximum absolute atomic E-state index is 5.43. The molecule has 2 aromatic carbocycles. The van der Waals surface area contributed by atoms with E-state index in [1.54, 1.807) is 7.11 Å². The highest BCUT2D eigenvalue weighted by Gasteiger charge is 2.09. The summed E-state index contributed by atoms with van der Waals surface area (Å²) in [4.78, 5) is 0. The van der Waals surface area contributed by atoms with Crippen molar-refractivity contribution in [1.82, 2.24) is 0 Å². The molecule has 1 N–H and O–H groups in total. The second kappa shape index (κ2) is 6.77. The normalized spacial score (nSPS) is 10.3. The molecule has 2 aromatic rings. The van der Waals surface area contributed by atoms with Gasteiger partial charge in [0.05, 0.1) is 11.6 Å². The molecule has 19 heavy (non-hydrogen) atoms. The highest BCUT2D eigenvalue weighted by Crippen LogP contribution is 2.33. The Morgan fingerprint density at radius 1 is 1.05 bits per heavy atom. The van der Waals surface area contributed by atoms with Crippen LogP contribution >= 0.6 is 47.8 Å². The fourth-order valence-corrected chi connectivity index (χ4v) is 3.67. The molecular weight excluding hydrogens is 438 g/mol. The predicted octanol–water partition coefficient (Wildman–Crippen LogP) is 5.59. The van der Waals surface area contributed by atoms with Crippen molar-refractivity contribution >= 4 is 53.5 Å². The van der Waals surface area contributed by atoms with Crippen molar-refractivity contribution in [3.8, 4) is 5.75 Å². The Balaban J connectivity index is 2.22. The monoisotopic (exact) mass is 447 g/mol. The van der Waals surface area contributed by atoms with Crippen LogP contribution in [0.25, 0.3) is 0 Å². The average molecular weight is 450 g/mol. The van der Waals surface area contributed by atoms with Crippen LogP contribution in [-0.4, -0.2) is 7.11 Å². The van der Waals surface area contributed by atoms with Crippen LogP contribution in [0.1, 0.15) is 5.56 Å². The Kier molecular flexibility index (Phi) is 5.30. The predicted molar refractivity (Wildman–Crippen MR) is 89.9 cm³/mol. The molecule has 5 heteroatoms. The first-order chi connectivity index (χ1) is 9.11. The van der Waals surface area contributed by atoms with Crippen LogP contribution in [-0.2, 0) is 6.54 Å². The molecule has 0 bridgehead atoms. The molecule has 0 unspecified atom stereocenters. The van der Waals surface area contributed by atoms with Crippen molar-refractivity contribution < 1.29 is 4.74 Å². The lowest BCUT2D eigenvalue weighted by molar-refractivity contribution is 0.407. The van der Waals surface area contributed by atoms with Gasteiger partial charge >= 0.3 is 0 Å². The van der Waals surface area contributed by atoms with E-state index in [0.717, 1.165) is 30.4 Å². The number of anilines is 1. The Morgan fingerprint density at radius 2 is 1.79 bits per heavy atom. The Bertz CT molecular complexity index is 587. The fraction of sp³-hybridized carbons (Fsp3) is 0.143. The van der Waals surface area contributed by atoms with Gasteiger partial charge in [-0.1, -0.05) is 28.1 Å².